The second-order valence-corrected chi connectivity index (χ2v) is 6.28. The molecule has 0 saturated heterocycles. The van der Waals surface area contributed by atoms with Gasteiger partial charge in [-0.2, -0.15) is 0 Å². The third-order valence-corrected chi connectivity index (χ3v) is 3.51. The quantitative estimate of drug-likeness (QED) is 0.458. The average Bonchev–Trinajstić information content (AvgIpc) is 2.62. The molecule has 0 saturated carbocycles. The number of aliphatic hydroxyl groups excluding tert-OH is 1. The smallest absolute Gasteiger partial charge is 0.407 e. The zero-order valence-electron chi connectivity index (χ0n) is 15.5. The SMILES string of the molecule is CC(C)=CC[C@@H](NC(=O)C[C@@H](O)CNC(=O)OCc1ccccc1)C(=O)O. The molecule has 148 valence electrons. The van der Waals surface area contributed by atoms with Crippen LogP contribution < -0.4 is 10.6 Å². The fourth-order valence-corrected chi connectivity index (χ4v) is 2.09. The fourth-order valence-electron chi connectivity index (χ4n) is 2.09. The minimum absolute atomic E-state index is 0.0912. The normalized spacial score (nSPS) is 12.4. The van der Waals surface area contributed by atoms with Crippen molar-refractivity contribution in [3.8, 4) is 0 Å². The minimum atomic E-state index is -1.16. The summed E-state index contributed by atoms with van der Waals surface area (Å²) in [5.41, 5.74) is 1.76. The molecule has 27 heavy (non-hydrogen) atoms. The van der Waals surface area contributed by atoms with Crippen molar-refractivity contribution in [3.63, 3.8) is 0 Å². The number of carbonyl (C=O) groups excluding carboxylic acids is 2. The number of nitrogens with one attached hydrogen (secondary N) is 2. The highest BCUT2D eigenvalue weighted by molar-refractivity contribution is 5.83. The van der Waals surface area contributed by atoms with Crippen LogP contribution in [-0.4, -0.2) is 46.9 Å². The molecule has 2 amide bonds. The molecule has 0 heterocycles. The van der Waals surface area contributed by atoms with E-state index in [1.54, 1.807) is 18.2 Å². The molecule has 4 N–H and O–H groups in total. The summed E-state index contributed by atoms with van der Waals surface area (Å²) in [4.78, 5) is 34.6. The van der Waals surface area contributed by atoms with E-state index in [-0.39, 0.29) is 26.0 Å². The van der Waals surface area contributed by atoms with Gasteiger partial charge in [-0.3, -0.25) is 4.79 Å². The maximum absolute atomic E-state index is 11.9. The van der Waals surface area contributed by atoms with Crippen molar-refractivity contribution in [2.75, 3.05) is 6.54 Å². The van der Waals surface area contributed by atoms with Crippen molar-refractivity contribution >= 4 is 18.0 Å². The van der Waals surface area contributed by atoms with Gasteiger partial charge >= 0.3 is 12.1 Å². The summed E-state index contributed by atoms with van der Waals surface area (Å²) in [5.74, 6) is -1.77. The van der Waals surface area contributed by atoms with E-state index in [1.165, 1.54) is 0 Å². The maximum Gasteiger partial charge on any atom is 0.407 e. The zero-order valence-corrected chi connectivity index (χ0v) is 15.5. The third kappa shape index (κ3) is 10.0. The monoisotopic (exact) mass is 378 g/mol. The predicted octanol–water partition coefficient (Wildman–Crippen LogP) is 1.59. The third-order valence-electron chi connectivity index (χ3n) is 3.51. The van der Waals surface area contributed by atoms with Gasteiger partial charge in [0.2, 0.25) is 5.91 Å². The topological polar surface area (TPSA) is 125 Å². The van der Waals surface area contributed by atoms with Gasteiger partial charge in [0.05, 0.1) is 12.5 Å². The molecule has 0 spiro atoms. The number of rotatable bonds is 10. The van der Waals surface area contributed by atoms with Gasteiger partial charge < -0.3 is 25.6 Å². The van der Waals surface area contributed by atoms with Crippen molar-refractivity contribution in [2.24, 2.45) is 0 Å². The van der Waals surface area contributed by atoms with E-state index in [0.29, 0.717) is 0 Å². The van der Waals surface area contributed by atoms with E-state index in [0.717, 1.165) is 11.1 Å². The van der Waals surface area contributed by atoms with Crippen molar-refractivity contribution < 1.29 is 29.3 Å². The van der Waals surface area contributed by atoms with Crippen LogP contribution in [0.4, 0.5) is 4.79 Å². The molecule has 8 heteroatoms. The Bertz CT molecular complexity index is 655. The molecule has 0 unspecified atom stereocenters. The lowest BCUT2D eigenvalue weighted by Gasteiger charge is -2.15. The first-order valence-corrected chi connectivity index (χ1v) is 8.56. The summed E-state index contributed by atoms with van der Waals surface area (Å²) >= 11 is 0. The first-order valence-electron chi connectivity index (χ1n) is 8.56. The first-order chi connectivity index (χ1) is 12.8. The van der Waals surface area contributed by atoms with Crippen LogP contribution in [0.3, 0.4) is 0 Å². The summed E-state index contributed by atoms with van der Waals surface area (Å²) in [6.07, 6.45) is -0.349. The Morgan fingerprint density at radius 2 is 1.85 bits per heavy atom. The average molecular weight is 378 g/mol. The fraction of sp³-hybridized carbons (Fsp3) is 0.421. The first kappa shape index (κ1) is 22.2. The van der Waals surface area contributed by atoms with Crippen LogP contribution in [-0.2, 0) is 20.9 Å². The number of aliphatic hydroxyl groups is 1. The van der Waals surface area contributed by atoms with Gasteiger partial charge in [0.1, 0.15) is 12.6 Å². The number of aliphatic carboxylic acids is 1. The molecule has 1 aromatic rings. The molecule has 1 rings (SSSR count). The highest BCUT2D eigenvalue weighted by atomic mass is 16.5. The van der Waals surface area contributed by atoms with Gasteiger partial charge in [0.25, 0.3) is 0 Å². The zero-order chi connectivity index (χ0) is 20.2. The Labute approximate surface area is 158 Å². The minimum Gasteiger partial charge on any atom is -0.480 e. The number of ether oxygens (including phenoxy) is 1. The number of alkyl carbamates (subject to hydrolysis) is 1. The lowest BCUT2D eigenvalue weighted by Crippen LogP contribution is -2.43. The Morgan fingerprint density at radius 1 is 1.19 bits per heavy atom. The number of carbonyl (C=O) groups is 3. The van der Waals surface area contributed by atoms with Crippen molar-refractivity contribution in [1.82, 2.24) is 10.6 Å². The van der Waals surface area contributed by atoms with Gasteiger partial charge in [0, 0.05) is 6.54 Å². The number of hydrogen-bond donors (Lipinski definition) is 4. The van der Waals surface area contributed by atoms with E-state index in [2.05, 4.69) is 10.6 Å². The second-order valence-electron chi connectivity index (χ2n) is 6.28. The van der Waals surface area contributed by atoms with E-state index >= 15 is 0 Å². The van der Waals surface area contributed by atoms with Crippen molar-refractivity contribution in [2.45, 2.75) is 45.4 Å². The van der Waals surface area contributed by atoms with Crippen LogP contribution in [0.25, 0.3) is 0 Å². The number of allylic oxidation sites excluding steroid dienone is 1. The van der Waals surface area contributed by atoms with Crippen LogP contribution in [0.2, 0.25) is 0 Å². The van der Waals surface area contributed by atoms with E-state index in [1.807, 2.05) is 32.0 Å². The molecular weight excluding hydrogens is 352 g/mol. The standard InChI is InChI=1S/C19H26N2O6/c1-13(2)8-9-16(18(24)25)21-17(23)10-15(22)11-20-19(26)27-12-14-6-4-3-5-7-14/h3-8,15-16,22H,9-12H2,1-2H3,(H,20,26)(H,21,23)(H,24,25)/t15-,16-/m1/s1. The van der Waals surface area contributed by atoms with Gasteiger partial charge in [-0.1, -0.05) is 42.0 Å². The Balaban J connectivity index is 2.32. The summed E-state index contributed by atoms with van der Waals surface area (Å²) in [6, 6.07) is 8.03. The molecule has 0 fully saturated rings. The number of carboxylic acids is 1. The number of benzene rings is 1. The molecule has 1 aromatic carbocycles. The van der Waals surface area contributed by atoms with Gasteiger partial charge in [-0.05, 0) is 25.8 Å². The van der Waals surface area contributed by atoms with Crippen LogP contribution in [0, 0.1) is 0 Å². The van der Waals surface area contributed by atoms with Crippen LogP contribution in [0.1, 0.15) is 32.3 Å². The summed E-state index contributed by atoms with van der Waals surface area (Å²) in [5, 5.41) is 23.7. The molecule has 0 bridgehead atoms. The molecular formula is C19H26N2O6. The van der Waals surface area contributed by atoms with Gasteiger partial charge in [-0.25, -0.2) is 9.59 Å². The summed E-state index contributed by atoms with van der Waals surface area (Å²) in [7, 11) is 0. The van der Waals surface area contributed by atoms with E-state index in [4.69, 9.17) is 9.84 Å². The Hall–Kier alpha value is -2.87. The molecule has 2 atom stereocenters. The largest absolute Gasteiger partial charge is 0.480 e. The Kier molecular flexibility index (Phi) is 9.60. The van der Waals surface area contributed by atoms with Crippen LogP contribution >= 0.6 is 0 Å². The number of carboxylic acid groups (broad SMARTS) is 1. The molecule has 0 aliphatic carbocycles. The lowest BCUT2D eigenvalue weighted by atomic mass is 10.1. The van der Waals surface area contributed by atoms with E-state index < -0.39 is 30.1 Å². The molecule has 0 aliphatic rings. The predicted molar refractivity (Wildman–Crippen MR) is 98.9 cm³/mol. The molecule has 8 nitrogen and oxygen atoms in total. The highest BCUT2D eigenvalue weighted by Crippen LogP contribution is 2.02. The molecule has 0 radical (unpaired) electrons. The number of hydrogen-bond acceptors (Lipinski definition) is 5. The molecule has 0 aromatic heterocycles. The van der Waals surface area contributed by atoms with Crippen LogP contribution in [0.5, 0.6) is 0 Å². The van der Waals surface area contributed by atoms with Gasteiger partial charge in [-0.15, -0.1) is 0 Å². The summed E-state index contributed by atoms with van der Waals surface area (Å²) in [6.45, 7) is 3.56. The van der Waals surface area contributed by atoms with Gasteiger partial charge in [0.15, 0.2) is 0 Å². The van der Waals surface area contributed by atoms with Crippen molar-refractivity contribution in [1.29, 1.82) is 0 Å². The second kappa shape index (κ2) is 11.7. The maximum atomic E-state index is 11.9. The van der Waals surface area contributed by atoms with Crippen molar-refractivity contribution in [3.05, 3.63) is 47.5 Å². The Morgan fingerprint density at radius 3 is 2.44 bits per heavy atom. The van der Waals surface area contributed by atoms with Crippen LogP contribution in [0.15, 0.2) is 42.0 Å². The lowest BCUT2D eigenvalue weighted by molar-refractivity contribution is -0.142. The highest BCUT2D eigenvalue weighted by Gasteiger charge is 2.20. The molecule has 0 aliphatic heterocycles. The summed E-state index contributed by atoms with van der Waals surface area (Å²) < 4.78 is 4.99. The number of amides is 2. The van der Waals surface area contributed by atoms with E-state index in [9.17, 15) is 19.5 Å².